The number of carbonyl (C=O) groups is 1. The number of aliphatic hydroxyl groups is 1. The maximum Gasteiger partial charge on any atom is 0.225 e. The summed E-state index contributed by atoms with van der Waals surface area (Å²) in [6, 6.07) is 0. The number of amides is 1. The van der Waals surface area contributed by atoms with Crippen LogP contribution in [0.4, 0.5) is 0 Å². The lowest BCUT2D eigenvalue weighted by Gasteiger charge is -2.35. The lowest BCUT2D eigenvalue weighted by atomic mass is 9.71. The zero-order valence-electron chi connectivity index (χ0n) is 21.2. The molecular weight excluding hydrogens is 364 g/mol. The van der Waals surface area contributed by atoms with Crippen molar-refractivity contribution in [2.75, 3.05) is 26.3 Å². The van der Waals surface area contributed by atoms with Gasteiger partial charge in [0.1, 0.15) is 0 Å². The molecule has 0 heterocycles. The van der Waals surface area contributed by atoms with E-state index < -0.39 is 0 Å². The van der Waals surface area contributed by atoms with E-state index in [0.29, 0.717) is 31.4 Å². The van der Waals surface area contributed by atoms with Crippen molar-refractivity contribution in [3.05, 3.63) is 0 Å². The first kappa shape index (κ1) is 30.5. The van der Waals surface area contributed by atoms with Gasteiger partial charge in [0.2, 0.25) is 5.91 Å². The number of nitrogens with one attached hydrogen (secondary N) is 1. The average Bonchev–Trinajstić information content (AvgIpc) is 2.50. The summed E-state index contributed by atoms with van der Waals surface area (Å²) in [7, 11) is 0. The van der Waals surface area contributed by atoms with Gasteiger partial charge in [-0.1, -0.05) is 55.4 Å². The van der Waals surface area contributed by atoms with Gasteiger partial charge in [0.05, 0.1) is 12.2 Å². The lowest BCUT2D eigenvalue weighted by molar-refractivity contribution is -0.131. The minimum Gasteiger partial charge on any atom is -0.396 e. The Labute approximate surface area is 181 Å². The molecule has 0 aliphatic heterocycles. The van der Waals surface area contributed by atoms with Gasteiger partial charge in [0.15, 0.2) is 0 Å². The van der Waals surface area contributed by atoms with E-state index in [9.17, 15) is 4.79 Å². The second kappa shape index (κ2) is 14.4. The Morgan fingerprint density at radius 2 is 1.59 bits per heavy atom. The molecule has 4 N–H and O–H groups in total. The number of nitrogens with two attached hydrogens (primary N) is 1. The van der Waals surface area contributed by atoms with Gasteiger partial charge in [-0.15, -0.1) is 0 Å². The number of ether oxygens (including phenoxy) is 1. The fourth-order valence-electron chi connectivity index (χ4n) is 3.84. The van der Waals surface area contributed by atoms with Crippen LogP contribution < -0.4 is 11.1 Å². The van der Waals surface area contributed by atoms with Gasteiger partial charge < -0.3 is 20.9 Å². The van der Waals surface area contributed by atoms with Crippen molar-refractivity contribution >= 4 is 5.91 Å². The Morgan fingerprint density at radius 3 is 2.00 bits per heavy atom. The van der Waals surface area contributed by atoms with Crippen molar-refractivity contribution in [3.63, 3.8) is 0 Å². The Hall–Kier alpha value is -0.650. The molecule has 1 amide bonds. The molecule has 176 valence electrons. The molecule has 5 nitrogen and oxygen atoms in total. The monoisotopic (exact) mass is 416 g/mol. The van der Waals surface area contributed by atoms with Crippen LogP contribution in [0.3, 0.4) is 0 Å². The zero-order valence-corrected chi connectivity index (χ0v) is 21.2. The van der Waals surface area contributed by atoms with E-state index in [4.69, 9.17) is 15.6 Å². The highest BCUT2D eigenvalue weighted by Gasteiger charge is 2.34. The number of hydrogen-bond acceptors (Lipinski definition) is 4. The van der Waals surface area contributed by atoms with Gasteiger partial charge in [-0.25, -0.2) is 0 Å². The van der Waals surface area contributed by atoms with E-state index in [1.165, 1.54) is 0 Å². The molecule has 0 aromatic heterocycles. The normalized spacial score (nSPS) is 12.8. The summed E-state index contributed by atoms with van der Waals surface area (Å²) in [5.41, 5.74) is 4.95. The Morgan fingerprint density at radius 1 is 1.03 bits per heavy atom. The maximum absolute atomic E-state index is 12.3. The first-order valence-electron chi connectivity index (χ1n) is 11.3. The molecule has 0 rings (SSSR count). The van der Waals surface area contributed by atoms with E-state index in [2.05, 4.69) is 60.7 Å². The first-order valence-corrected chi connectivity index (χ1v) is 11.3. The standard InChI is InChI=1S/C17H35NO.C7H17NO2/c1-13(2)9-10-18-15(19)17(7,8)12-16(5,6)11-14(3)4;1-7(2,3-5-9)10-6-4-8/h13-14H,9-12H2,1-8H3,(H,18,19);9H,3-6,8H2,1-2H3. The van der Waals surface area contributed by atoms with Gasteiger partial charge in [-0.2, -0.15) is 0 Å². The van der Waals surface area contributed by atoms with Gasteiger partial charge in [0, 0.05) is 25.1 Å². The molecule has 0 fully saturated rings. The molecule has 5 heteroatoms. The predicted molar refractivity (Wildman–Crippen MR) is 125 cm³/mol. The predicted octanol–water partition coefficient (Wildman–Crippen LogP) is 4.76. The SMILES string of the molecule is CC(C)(CCO)OCCN.CC(C)CCNC(=O)C(C)(C)CC(C)(C)CC(C)C. The van der Waals surface area contributed by atoms with Gasteiger partial charge in [-0.3, -0.25) is 4.79 Å². The van der Waals surface area contributed by atoms with Crippen LogP contribution in [-0.2, 0) is 9.53 Å². The fourth-order valence-corrected chi connectivity index (χ4v) is 3.84. The highest BCUT2D eigenvalue weighted by molar-refractivity contribution is 5.81. The lowest BCUT2D eigenvalue weighted by Crippen LogP contribution is -2.40. The third-order valence-corrected chi connectivity index (χ3v) is 4.83. The van der Waals surface area contributed by atoms with Crippen LogP contribution in [0.15, 0.2) is 0 Å². The number of aliphatic hydroxyl groups excluding tert-OH is 1. The van der Waals surface area contributed by atoms with Crippen molar-refractivity contribution in [2.24, 2.45) is 28.4 Å². The molecule has 0 saturated heterocycles. The van der Waals surface area contributed by atoms with E-state index in [1.807, 2.05) is 13.8 Å². The summed E-state index contributed by atoms with van der Waals surface area (Å²) in [5, 5.41) is 11.7. The van der Waals surface area contributed by atoms with Crippen molar-refractivity contribution in [2.45, 2.75) is 101 Å². The molecular formula is C24H52N2O3. The summed E-state index contributed by atoms with van der Waals surface area (Å²) < 4.78 is 5.33. The minimum absolute atomic E-state index is 0.164. The molecule has 0 bridgehead atoms. The Balaban J connectivity index is 0. The molecule has 0 aliphatic carbocycles. The zero-order chi connectivity index (χ0) is 23.3. The second-order valence-corrected chi connectivity index (χ2v) is 11.1. The van der Waals surface area contributed by atoms with Crippen molar-refractivity contribution in [1.82, 2.24) is 5.32 Å². The highest BCUT2D eigenvalue weighted by atomic mass is 16.5. The number of hydrogen-bond donors (Lipinski definition) is 3. The van der Waals surface area contributed by atoms with Crippen LogP contribution in [0.2, 0.25) is 0 Å². The summed E-state index contributed by atoms with van der Waals surface area (Å²) in [4.78, 5) is 12.3. The number of carbonyl (C=O) groups excluding carboxylic acids is 1. The smallest absolute Gasteiger partial charge is 0.225 e. The molecule has 29 heavy (non-hydrogen) atoms. The van der Waals surface area contributed by atoms with Crippen molar-refractivity contribution in [3.8, 4) is 0 Å². The molecule has 0 aromatic carbocycles. The van der Waals surface area contributed by atoms with Crippen LogP contribution in [0.5, 0.6) is 0 Å². The molecule has 0 aromatic rings. The molecule has 0 atom stereocenters. The summed E-state index contributed by atoms with van der Waals surface area (Å²) in [6.45, 7) is 23.5. The Kier molecular flexibility index (Phi) is 15.1. The first-order chi connectivity index (χ1) is 13.1. The highest BCUT2D eigenvalue weighted by Crippen LogP contribution is 2.38. The third-order valence-electron chi connectivity index (χ3n) is 4.83. The molecule has 0 unspecified atom stereocenters. The van der Waals surface area contributed by atoms with Crippen molar-refractivity contribution < 1.29 is 14.6 Å². The topological polar surface area (TPSA) is 84.6 Å². The largest absolute Gasteiger partial charge is 0.396 e. The summed E-state index contributed by atoms with van der Waals surface area (Å²) in [6.07, 6.45) is 3.81. The van der Waals surface area contributed by atoms with Crippen LogP contribution in [-0.4, -0.2) is 42.9 Å². The second-order valence-electron chi connectivity index (χ2n) is 11.1. The fraction of sp³-hybridized carbons (Fsp3) is 0.958. The van der Waals surface area contributed by atoms with Gasteiger partial charge >= 0.3 is 0 Å². The van der Waals surface area contributed by atoms with Crippen LogP contribution in [0.1, 0.15) is 94.9 Å². The summed E-state index contributed by atoms with van der Waals surface area (Å²) in [5.74, 6) is 1.51. The molecule has 0 aliphatic rings. The third kappa shape index (κ3) is 17.9. The number of rotatable bonds is 13. The minimum atomic E-state index is -0.282. The van der Waals surface area contributed by atoms with Crippen LogP contribution >= 0.6 is 0 Å². The van der Waals surface area contributed by atoms with E-state index in [-0.39, 0.29) is 28.9 Å². The van der Waals surface area contributed by atoms with Gasteiger partial charge in [-0.05, 0) is 56.8 Å². The molecule has 0 radical (unpaired) electrons. The molecule has 0 saturated carbocycles. The average molecular weight is 417 g/mol. The van der Waals surface area contributed by atoms with Gasteiger partial charge in [0.25, 0.3) is 0 Å². The Bertz CT molecular complexity index is 430. The summed E-state index contributed by atoms with van der Waals surface area (Å²) >= 11 is 0. The van der Waals surface area contributed by atoms with Crippen LogP contribution in [0, 0.1) is 22.7 Å². The van der Waals surface area contributed by atoms with E-state index >= 15 is 0 Å². The van der Waals surface area contributed by atoms with E-state index in [0.717, 1.165) is 25.8 Å². The van der Waals surface area contributed by atoms with E-state index in [1.54, 1.807) is 0 Å². The van der Waals surface area contributed by atoms with Crippen LogP contribution in [0.25, 0.3) is 0 Å². The molecule has 0 spiro atoms. The maximum atomic E-state index is 12.3. The quantitative estimate of drug-likeness (QED) is 0.404. The van der Waals surface area contributed by atoms with Crippen molar-refractivity contribution in [1.29, 1.82) is 0 Å².